The van der Waals surface area contributed by atoms with E-state index in [1.807, 2.05) is 0 Å². The number of carbonyl (C=O) groups excluding carboxylic acids is 1. The first kappa shape index (κ1) is 27.5. The second kappa shape index (κ2) is 9.31. The lowest BCUT2D eigenvalue weighted by Gasteiger charge is -2.62. The number of carboxylic acid groups (broad SMARTS) is 1. The Hall–Kier alpha value is -1.58. The van der Waals surface area contributed by atoms with Crippen molar-refractivity contribution in [2.24, 2.45) is 39.4 Å². The van der Waals surface area contributed by atoms with E-state index in [4.69, 9.17) is 4.74 Å². The first-order chi connectivity index (χ1) is 16.7. The Morgan fingerprint density at radius 1 is 0.972 bits per heavy atom. The van der Waals surface area contributed by atoms with Crippen LogP contribution in [0, 0.1) is 39.4 Å². The molecule has 0 saturated heterocycles. The zero-order valence-electron chi connectivity index (χ0n) is 24.1. The molecule has 1 N–H and O–H groups in total. The van der Waals surface area contributed by atoms with Crippen LogP contribution in [0.1, 0.15) is 120 Å². The van der Waals surface area contributed by atoms with Crippen molar-refractivity contribution in [1.29, 1.82) is 0 Å². The standard InChI is InChI=1S/C32H50O4/c1-20(2)10-9-11-22(28(34)35)23-14-18-32(8)25-12-13-26-29(4,5)27(36-21(3)33)16-17-30(26,6)24(25)15-19-31(23,32)7/h10,22-23,26-27H,9,11-19H2,1-8H3,(H,34,35)/t22-,23-,26?,27-,30-,31+,32-/m1/s1. The maximum Gasteiger partial charge on any atom is 0.306 e. The molecule has 0 radical (unpaired) electrons. The Bertz CT molecular complexity index is 969. The van der Waals surface area contributed by atoms with E-state index < -0.39 is 5.97 Å². The average Bonchev–Trinajstić information content (AvgIpc) is 3.04. The molecule has 0 spiro atoms. The molecule has 4 aliphatic carbocycles. The van der Waals surface area contributed by atoms with Gasteiger partial charge in [-0.3, -0.25) is 9.59 Å². The number of rotatable bonds is 6. The molecule has 0 heterocycles. The molecule has 4 aliphatic rings. The fourth-order valence-electron chi connectivity index (χ4n) is 9.81. The van der Waals surface area contributed by atoms with Crippen molar-refractivity contribution in [3.05, 3.63) is 22.8 Å². The summed E-state index contributed by atoms with van der Waals surface area (Å²) in [6.07, 6.45) is 12.4. The molecular weight excluding hydrogens is 448 g/mol. The van der Waals surface area contributed by atoms with Gasteiger partial charge in [0.05, 0.1) is 5.92 Å². The highest BCUT2D eigenvalue weighted by atomic mass is 16.5. The number of esters is 1. The van der Waals surface area contributed by atoms with Gasteiger partial charge in [-0.25, -0.2) is 0 Å². The monoisotopic (exact) mass is 498 g/mol. The van der Waals surface area contributed by atoms with Crippen molar-refractivity contribution < 1.29 is 19.4 Å². The van der Waals surface area contributed by atoms with Crippen molar-refractivity contribution in [2.45, 2.75) is 126 Å². The van der Waals surface area contributed by atoms with Gasteiger partial charge >= 0.3 is 11.9 Å². The molecule has 0 aromatic carbocycles. The van der Waals surface area contributed by atoms with Gasteiger partial charge in [-0.05, 0) is 106 Å². The summed E-state index contributed by atoms with van der Waals surface area (Å²) in [7, 11) is 0. The third-order valence-electron chi connectivity index (χ3n) is 11.9. The predicted octanol–water partition coefficient (Wildman–Crippen LogP) is 8.11. The van der Waals surface area contributed by atoms with Crippen molar-refractivity contribution in [1.82, 2.24) is 0 Å². The van der Waals surface area contributed by atoms with Gasteiger partial charge in [0.15, 0.2) is 0 Å². The molecule has 4 heteroatoms. The van der Waals surface area contributed by atoms with Crippen LogP contribution >= 0.6 is 0 Å². The van der Waals surface area contributed by atoms with Gasteiger partial charge in [0, 0.05) is 12.3 Å². The van der Waals surface area contributed by atoms with E-state index in [-0.39, 0.29) is 45.6 Å². The molecule has 0 aromatic heterocycles. The normalized spacial score (nSPS) is 39.9. The maximum absolute atomic E-state index is 12.5. The molecule has 4 nitrogen and oxygen atoms in total. The molecule has 202 valence electrons. The van der Waals surface area contributed by atoms with Crippen LogP contribution in [0.5, 0.6) is 0 Å². The SMILES string of the molecule is CC(=O)O[C@@H]1CC[C@]2(C)C3=C(CCC2C1(C)C)[C@@]1(C)CC[C@H]([C@@H](CCC=C(C)C)C(=O)O)[C@]1(C)CC3. The largest absolute Gasteiger partial charge is 0.481 e. The van der Waals surface area contributed by atoms with Gasteiger partial charge < -0.3 is 9.84 Å². The van der Waals surface area contributed by atoms with Crippen LogP contribution in [0.2, 0.25) is 0 Å². The van der Waals surface area contributed by atoms with Crippen molar-refractivity contribution >= 4 is 11.9 Å². The minimum Gasteiger partial charge on any atom is -0.481 e. The molecular formula is C32H50O4. The molecule has 0 aromatic rings. The number of hydrogen-bond acceptors (Lipinski definition) is 3. The number of allylic oxidation sites excluding steroid dienone is 4. The number of fused-ring (bicyclic) bond motifs is 4. The Kier molecular flexibility index (Phi) is 7.10. The fraction of sp³-hybridized carbons (Fsp3) is 0.812. The van der Waals surface area contributed by atoms with E-state index in [1.165, 1.54) is 12.5 Å². The Labute approximate surface area is 219 Å². The first-order valence-electron chi connectivity index (χ1n) is 14.4. The lowest BCUT2D eigenvalue weighted by atomic mass is 9.43. The number of carbonyl (C=O) groups is 2. The lowest BCUT2D eigenvalue weighted by Crippen LogP contribution is -2.56. The summed E-state index contributed by atoms with van der Waals surface area (Å²) in [5.41, 5.74) is 4.85. The average molecular weight is 499 g/mol. The Balaban J connectivity index is 1.67. The summed E-state index contributed by atoms with van der Waals surface area (Å²) in [4.78, 5) is 24.3. The smallest absolute Gasteiger partial charge is 0.306 e. The summed E-state index contributed by atoms with van der Waals surface area (Å²) in [5.74, 6) is -0.291. The third-order valence-corrected chi connectivity index (χ3v) is 11.9. The summed E-state index contributed by atoms with van der Waals surface area (Å²) >= 11 is 0. The van der Waals surface area contributed by atoms with E-state index in [1.54, 1.807) is 11.1 Å². The lowest BCUT2D eigenvalue weighted by molar-refractivity contribution is -0.167. The van der Waals surface area contributed by atoms with Crippen LogP contribution in [0.3, 0.4) is 0 Å². The van der Waals surface area contributed by atoms with Crippen LogP contribution in [0.4, 0.5) is 0 Å². The molecule has 4 rings (SSSR count). The topological polar surface area (TPSA) is 63.6 Å². The third kappa shape index (κ3) is 4.09. The van der Waals surface area contributed by atoms with Gasteiger partial charge in [-0.1, -0.05) is 57.4 Å². The van der Waals surface area contributed by atoms with Crippen molar-refractivity contribution in [3.63, 3.8) is 0 Å². The highest BCUT2D eigenvalue weighted by molar-refractivity contribution is 5.70. The number of aliphatic carboxylic acids is 1. The summed E-state index contributed by atoms with van der Waals surface area (Å²) in [6, 6.07) is 0. The van der Waals surface area contributed by atoms with Gasteiger partial charge in [-0.2, -0.15) is 0 Å². The fourth-order valence-corrected chi connectivity index (χ4v) is 9.81. The Morgan fingerprint density at radius 3 is 2.28 bits per heavy atom. The maximum atomic E-state index is 12.5. The predicted molar refractivity (Wildman–Crippen MR) is 144 cm³/mol. The van der Waals surface area contributed by atoms with E-state index in [0.29, 0.717) is 5.92 Å². The highest BCUT2D eigenvalue weighted by Gasteiger charge is 2.64. The highest BCUT2D eigenvalue weighted by Crippen LogP contribution is 2.72. The van der Waals surface area contributed by atoms with Crippen LogP contribution in [0.15, 0.2) is 22.8 Å². The van der Waals surface area contributed by atoms with Crippen molar-refractivity contribution in [2.75, 3.05) is 0 Å². The van der Waals surface area contributed by atoms with Gasteiger partial charge in [-0.15, -0.1) is 0 Å². The first-order valence-corrected chi connectivity index (χ1v) is 14.4. The van der Waals surface area contributed by atoms with E-state index in [0.717, 1.165) is 64.2 Å². The van der Waals surface area contributed by atoms with E-state index >= 15 is 0 Å². The number of ether oxygens (including phenoxy) is 1. The molecule has 1 unspecified atom stereocenters. The number of carboxylic acids is 1. The van der Waals surface area contributed by atoms with Crippen LogP contribution in [0.25, 0.3) is 0 Å². The molecule has 2 saturated carbocycles. The molecule has 36 heavy (non-hydrogen) atoms. The second-order valence-corrected chi connectivity index (χ2v) is 14.1. The minimum atomic E-state index is -0.603. The van der Waals surface area contributed by atoms with E-state index in [9.17, 15) is 14.7 Å². The van der Waals surface area contributed by atoms with Gasteiger partial charge in [0.2, 0.25) is 0 Å². The number of hydrogen-bond donors (Lipinski definition) is 1. The second-order valence-electron chi connectivity index (χ2n) is 14.1. The molecule has 0 bridgehead atoms. The zero-order valence-corrected chi connectivity index (χ0v) is 24.1. The molecule has 0 aliphatic heterocycles. The quantitative estimate of drug-likeness (QED) is 0.297. The summed E-state index contributed by atoms with van der Waals surface area (Å²) in [5, 5.41) is 10.3. The minimum absolute atomic E-state index is 0.00680. The zero-order chi connectivity index (χ0) is 26.7. The molecule has 7 atom stereocenters. The molecule has 0 amide bonds. The van der Waals surface area contributed by atoms with Crippen LogP contribution in [-0.2, 0) is 14.3 Å². The van der Waals surface area contributed by atoms with Crippen molar-refractivity contribution in [3.8, 4) is 0 Å². The molecule has 2 fully saturated rings. The van der Waals surface area contributed by atoms with Gasteiger partial charge in [0.1, 0.15) is 6.10 Å². The van der Waals surface area contributed by atoms with Crippen LogP contribution in [-0.4, -0.2) is 23.1 Å². The van der Waals surface area contributed by atoms with Gasteiger partial charge in [0.25, 0.3) is 0 Å². The van der Waals surface area contributed by atoms with Crippen LogP contribution < -0.4 is 0 Å². The Morgan fingerprint density at radius 2 is 1.67 bits per heavy atom. The summed E-state index contributed by atoms with van der Waals surface area (Å²) < 4.78 is 5.84. The summed E-state index contributed by atoms with van der Waals surface area (Å²) in [6.45, 7) is 17.8. The van der Waals surface area contributed by atoms with E-state index in [2.05, 4.69) is 54.5 Å².